The zero-order chi connectivity index (χ0) is 15.6. The molecule has 6 heteroatoms. The van der Waals surface area contributed by atoms with Crippen molar-refractivity contribution in [2.24, 2.45) is 0 Å². The number of imidazole rings is 1. The van der Waals surface area contributed by atoms with Crippen molar-refractivity contribution in [1.29, 1.82) is 0 Å². The van der Waals surface area contributed by atoms with E-state index in [-0.39, 0.29) is 0 Å². The molecule has 0 aliphatic rings. The largest absolute Gasteiger partial charge is 0.444 e. The second-order valence-corrected chi connectivity index (χ2v) is 6.40. The van der Waals surface area contributed by atoms with Gasteiger partial charge in [0.2, 0.25) is 5.89 Å². The predicted molar refractivity (Wildman–Crippen MR) is 92.6 cm³/mol. The Bertz CT molecular complexity index is 913. The van der Waals surface area contributed by atoms with Crippen LogP contribution in [0.1, 0.15) is 5.69 Å². The lowest BCUT2D eigenvalue weighted by Gasteiger charge is -1.95. The average Bonchev–Trinajstić information content (AvgIpc) is 3.20. The van der Waals surface area contributed by atoms with Crippen LogP contribution in [-0.2, 0) is 5.75 Å². The maximum absolute atomic E-state index is 5.89. The van der Waals surface area contributed by atoms with E-state index in [0.717, 1.165) is 27.4 Å². The summed E-state index contributed by atoms with van der Waals surface area (Å²) in [4.78, 5) is 12.3. The van der Waals surface area contributed by atoms with E-state index in [2.05, 4.69) is 15.0 Å². The molecule has 0 atom stereocenters. The number of para-hydroxylation sites is 2. The minimum absolute atomic E-state index is 0.599. The fourth-order valence-corrected chi connectivity index (χ4v) is 3.13. The summed E-state index contributed by atoms with van der Waals surface area (Å²) >= 11 is 7.49. The summed E-state index contributed by atoms with van der Waals surface area (Å²) in [6, 6.07) is 15.4. The van der Waals surface area contributed by atoms with Crippen LogP contribution in [0.5, 0.6) is 0 Å². The molecule has 4 nitrogen and oxygen atoms in total. The lowest BCUT2D eigenvalue weighted by molar-refractivity contribution is 0.573. The Balaban J connectivity index is 1.48. The number of hydrogen-bond acceptors (Lipinski definition) is 4. The van der Waals surface area contributed by atoms with Gasteiger partial charge in [-0.15, -0.1) is 0 Å². The number of oxazole rings is 1. The van der Waals surface area contributed by atoms with Crippen LogP contribution in [-0.4, -0.2) is 15.0 Å². The quantitative estimate of drug-likeness (QED) is 0.521. The van der Waals surface area contributed by atoms with Crippen LogP contribution < -0.4 is 0 Å². The molecule has 2 aromatic carbocycles. The molecule has 0 saturated heterocycles. The van der Waals surface area contributed by atoms with Gasteiger partial charge in [0.15, 0.2) is 5.16 Å². The molecule has 0 spiro atoms. The van der Waals surface area contributed by atoms with Crippen LogP contribution in [0.2, 0.25) is 5.02 Å². The molecule has 114 valence electrons. The van der Waals surface area contributed by atoms with Gasteiger partial charge in [-0.1, -0.05) is 35.5 Å². The molecule has 0 bridgehead atoms. The highest BCUT2D eigenvalue weighted by Crippen LogP contribution is 2.25. The molecular formula is C17H12ClN3OS. The molecule has 2 aromatic heterocycles. The van der Waals surface area contributed by atoms with Gasteiger partial charge in [-0.3, -0.25) is 0 Å². The van der Waals surface area contributed by atoms with Crippen LogP contribution in [0.3, 0.4) is 0 Å². The highest BCUT2D eigenvalue weighted by atomic mass is 35.5. The van der Waals surface area contributed by atoms with Crippen molar-refractivity contribution >= 4 is 34.4 Å². The Kier molecular flexibility index (Phi) is 3.81. The molecule has 0 fully saturated rings. The lowest BCUT2D eigenvalue weighted by atomic mass is 10.2. The minimum Gasteiger partial charge on any atom is -0.444 e. The first kappa shape index (κ1) is 14.4. The number of aromatic amines is 1. The standard InChI is InChI=1S/C17H12ClN3OS/c18-12-7-5-11(6-8-12)16-19-13(9-22-16)10-23-17-20-14-3-1-2-4-15(14)21-17/h1-9H,10H2,(H,20,21). The lowest BCUT2D eigenvalue weighted by Crippen LogP contribution is -1.83. The van der Waals surface area contributed by atoms with Gasteiger partial charge in [-0.25, -0.2) is 9.97 Å². The first-order chi connectivity index (χ1) is 11.3. The summed E-state index contributed by atoms with van der Waals surface area (Å²) in [6.45, 7) is 0. The number of H-pyrrole nitrogens is 1. The van der Waals surface area contributed by atoms with Crippen LogP contribution in [0.15, 0.2) is 64.4 Å². The van der Waals surface area contributed by atoms with Gasteiger partial charge in [0.05, 0.1) is 16.7 Å². The van der Waals surface area contributed by atoms with Gasteiger partial charge >= 0.3 is 0 Å². The normalized spacial score (nSPS) is 11.2. The summed E-state index contributed by atoms with van der Waals surface area (Å²) in [6.07, 6.45) is 1.68. The van der Waals surface area contributed by atoms with Crippen LogP contribution >= 0.6 is 23.4 Å². The van der Waals surface area contributed by atoms with Crippen molar-refractivity contribution in [1.82, 2.24) is 15.0 Å². The third-order valence-corrected chi connectivity index (χ3v) is 4.53. The summed E-state index contributed by atoms with van der Waals surface area (Å²) in [5, 5.41) is 1.57. The van der Waals surface area contributed by atoms with E-state index in [0.29, 0.717) is 16.7 Å². The second kappa shape index (κ2) is 6.10. The zero-order valence-electron chi connectivity index (χ0n) is 12.0. The van der Waals surface area contributed by atoms with E-state index < -0.39 is 0 Å². The number of hydrogen-bond donors (Lipinski definition) is 1. The van der Waals surface area contributed by atoms with Crippen molar-refractivity contribution in [2.75, 3.05) is 0 Å². The van der Waals surface area contributed by atoms with Crippen molar-refractivity contribution < 1.29 is 4.42 Å². The van der Waals surface area contributed by atoms with Gasteiger partial charge in [-0.05, 0) is 36.4 Å². The van der Waals surface area contributed by atoms with Crippen molar-refractivity contribution in [3.8, 4) is 11.5 Å². The SMILES string of the molecule is Clc1ccc(-c2nc(CSc3nc4ccccc4[nH]3)co2)cc1. The van der Waals surface area contributed by atoms with Crippen LogP contribution in [0, 0.1) is 0 Å². The summed E-state index contributed by atoms with van der Waals surface area (Å²) < 4.78 is 5.54. The number of rotatable bonds is 4. The molecule has 1 N–H and O–H groups in total. The summed E-state index contributed by atoms with van der Waals surface area (Å²) in [7, 11) is 0. The second-order valence-electron chi connectivity index (χ2n) is 5.00. The Hall–Kier alpha value is -2.24. The number of fused-ring (bicyclic) bond motifs is 1. The van der Waals surface area contributed by atoms with Gasteiger partial charge in [0.1, 0.15) is 6.26 Å². The highest BCUT2D eigenvalue weighted by Gasteiger charge is 2.09. The monoisotopic (exact) mass is 341 g/mol. The average molecular weight is 342 g/mol. The maximum Gasteiger partial charge on any atom is 0.226 e. The molecule has 2 heterocycles. The highest BCUT2D eigenvalue weighted by molar-refractivity contribution is 7.98. The topological polar surface area (TPSA) is 54.7 Å². The maximum atomic E-state index is 5.89. The summed E-state index contributed by atoms with van der Waals surface area (Å²) in [5.41, 5.74) is 3.80. The van der Waals surface area contributed by atoms with Crippen molar-refractivity contribution in [2.45, 2.75) is 10.9 Å². The molecule has 0 aliphatic heterocycles. The number of nitrogens with zero attached hydrogens (tertiary/aromatic N) is 2. The molecule has 0 unspecified atom stereocenters. The molecule has 0 aliphatic carbocycles. The van der Waals surface area contributed by atoms with Crippen molar-refractivity contribution in [3.05, 3.63) is 65.5 Å². The molecule has 4 aromatic rings. The molecule has 0 radical (unpaired) electrons. The van der Waals surface area contributed by atoms with Crippen LogP contribution in [0.25, 0.3) is 22.5 Å². The fraction of sp³-hybridized carbons (Fsp3) is 0.0588. The third kappa shape index (κ3) is 3.11. The molecule has 4 rings (SSSR count). The molecule has 23 heavy (non-hydrogen) atoms. The fourth-order valence-electron chi connectivity index (χ4n) is 2.24. The molecule has 0 saturated carbocycles. The van der Waals surface area contributed by atoms with E-state index in [4.69, 9.17) is 16.0 Å². The molecular weight excluding hydrogens is 330 g/mol. The predicted octanol–water partition coefficient (Wildman–Crippen LogP) is 5.16. The third-order valence-electron chi connectivity index (χ3n) is 3.37. The van der Waals surface area contributed by atoms with E-state index in [1.54, 1.807) is 18.0 Å². The van der Waals surface area contributed by atoms with Crippen LogP contribution in [0.4, 0.5) is 0 Å². The van der Waals surface area contributed by atoms with E-state index in [1.807, 2.05) is 48.5 Å². The number of halogens is 1. The Labute approximate surface area is 141 Å². The Morgan fingerprint density at radius 3 is 2.70 bits per heavy atom. The number of nitrogens with one attached hydrogen (secondary N) is 1. The smallest absolute Gasteiger partial charge is 0.226 e. The summed E-state index contributed by atoms with van der Waals surface area (Å²) in [5.74, 6) is 1.29. The van der Waals surface area contributed by atoms with E-state index >= 15 is 0 Å². The first-order valence-corrected chi connectivity index (χ1v) is 8.42. The molecule has 0 amide bonds. The van der Waals surface area contributed by atoms with Gasteiger partial charge < -0.3 is 9.40 Å². The van der Waals surface area contributed by atoms with Gasteiger partial charge in [0, 0.05) is 16.3 Å². The minimum atomic E-state index is 0.599. The van der Waals surface area contributed by atoms with E-state index in [1.165, 1.54) is 0 Å². The van der Waals surface area contributed by atoms with Gasteiger partial charge in [0.25, 0.3) is 0 Å². The first-order valence-electron chi connectivity index (χ1n) is 7.06. The van der Waals surface area contributed by atoms with Gasteiger partial charge in [-0.2, -0.15) is 0 Å². The van der Waals surface area contributed by atoms with E-state index in [9.17, 15) is 0 Å². The van der Waals surface area contributed by atoms with Crippen molar-refractivity contribution in [3.63, 3.8) is 0 Å². The zero-order valence-corrected chi connectivity index (χ0v) is 13.6. The number of aromatic nitrogens is 3. The number of benzene rings is 2. The number of thioether (sulfide) groups is 1. The Morgan fingerprint density at radius 1 is 1.04 bits per heavy atom. The Morgan fingerprint density at radius 2 is 1.87 bits per heavy atom.